The van der Waals surface area contributed by atoms with Crippen molar-refractivity contribution in [2.45, 2.75) is 45.6 Å². The van der Waals surface area contributed by atoms with E-state index in [1.165, 1.54) is 0 Å². The Morgan fingerprint density at radius 1 is 1.25 bits per heavy atom. The van der Waals surface area contributed by atoms with Gasteiger partial charge in [-0.3, -0.25) is 9.59 Å². The lowest BCUT2D eigenvalue weighted by Gasteiger charge is -2.40. The number of rotatable bonds is 7. The quantitative estimate of drug-likeness (QED) is 0.545. The Morgan fingerprint density at radius 3 is 2.35 bits per heavy atom. The van der Waals surface area contributed by atoms with Crippen LogP contribution in [-0.2, 0) is 9.59 Å². The molecule has 1 rings (SSSR count). The van der Waals surface area contributed by atoms with E-state index in [9.17, 15) is 14.4 Å². The molecule has 4 N–H and O–H groups in total. The molecule has 1 fully saturated rings. The van der Waals surface area contributed by atoms with E-state index in [4.69, 9.17) is 5.11 Å². The zero-order valence-corrected chi connectivity index (χ0v) is 12.0. The van der Waals surface area contributed by atoms with Crippen molar-refractivity contribution < 1.29 is 19.5 Å². The predicted molar refractivity (Wildman–Crippen MR) is 73.2 cm³/mol. The fraction of sp³-hybridized carbons (Fsp3) is 0.769. The van der Waals surface area contributed by atoms with Crippen molar-refractivity contribution in [3.05, 3.63) is 0 Å². The minimum absolute atomic E-state index is 0.0686. The van der Waals surface area contributed by atoms with Crippen LogP contribution in [0.2, 0.25) is 0 Å². The number of hydrogen-bond donors (Lipinski definition) is 4. The highest BCUT2D eigenvalue weighted by Crippen LogP contribution is 2.43. The molecule has 114 valence electrons. The van der Waals surface area contributed by atoms with Crippen molar-refractivity contribution >= 4 is 17.9 Å². The lowest BCUT2D eigenvalue weighted by molar-refractivity contribution is -0.141. The number of amides is 3. The van der Waals surface area contributed by atoms with Crippen LogP contribution >= 0.6 is 0 Å². The van der Waals surface area contributed by atoms with E-state index in [1.807, 2.05) is 0 Å². The molecule has 0 aromatic carbocycles. The summed E-state index contributed by atoms with van der Waals surface area (Å²) in [6.45, 7) is 4.24. The maximum absolute atomic E-state index is 11.7. The monoisotopic (exact) mass is 285 g/mol. The molecule has 1 aliphatic rings. The van der Waals surface area contributed by atoms with Crippen LogP contribution in [0.4, 0.5) is 4.79 Å². The summed E-state index contributed by atoms with van der Waals surface area (Å²) in [5, 5.41) is 16.7. The molecule has 0 bridgehead atoms. The molecule has 7 nitrogen and oxygen atoms in total. The van der Waals surface area contributed by atoms with Crippen LogP contribution in [0.1, 0.15) is 39.5 Å². The van der Waals surface area contributed by atoms with Crippen LogP contribution in [0.5, 0.6) is 0 Å². The van der Waals surface area contributed by atoms with Gasteiger partial charge in [-0.05, 0) is 32.1 Å². The van der Waals surface area contributed by atoms with Gasteiger partial charge in [0, 0.05) is 13.1 Å². The van der Waals surface area contributed by atoms with Gasteiger partial charge in [-0.25, -0.2) is 4.79 Å². The van der Waals surface area contributed by atoms with Crippen molar-refractivity contribution in [1.29, 1.82) is 0 Å². The predicted octanol–water partition coefficient (Wildman–Crippen LogP) is 0.455. The van der Waals surface area contributed by atoms with Crippen molar-refractivity contribution in [3.8, 4) is 0 Å². The molecule has 3 amide bonds. The second-order valence-corrected chi connectivity index (χ2v) is 5.37. The maximum Gasteiger partial charge on any atom is 0.315 e. The molecule has 0 saturated heterocycles. The molecule has 0 spiro atoms. The lowest BCUT2D eigenvalue weighted by atomic mass is 9.66. The molecule has 1 saturated carbocycles. The average molecular weight is 285 g/mol. The van der Waals surface area contributed by atoms with Gasteiger partial charge in [-0.15, -0.1) is 0 Å². The third kappa shape index (κ3) is 4.71. The van der Waals surface area contributed by atoms with E-state index >= 15 is 0 Å². The fourth-order valence-corrected chi connectivity index (χ4v) is 2.32. The number of carbonyl (C=O) groups excluding carboxylic acids is 2. The number of likely N-dealkylation sites (N-methyl/N-ethyl adjacent to an activating group) is 1. The number of nitrogens with one attached hydrogen (secondary N) is 3. The molecule has 0 heterocycles. The van der Waals surface area contributed by atoms with Crippen molar-refractivity contribution in [2.75, 3.05) is 13.1 Å². The summed E-state index contributed by atoms with van der Waals surface area (Å²) in [5.74, 6) is -1.09. The first-order valence-electron chi connectivity index (χ1n) is 6.92. The number of hydrogen-bond acceptors (Lipinski definition) is 3. The minimum atomic E-state index is -0.845. The van der Waals surface area contributed by atoms with Gasteiger partial charge < -0.3 is 21.1 Å². The normalized spacial score (nSPS) is 17.5. The first-order valence-corrected chi connectivity index (χ1v) is 6.92. The number of carboxylic acids is 1. The summed E-state index contributed by atoms with van der Waals surface area (Å²) in [5.41, 5.74) is -0.321. The van der Waals surface area contributed by atoms with Gasteiger partial charge in [0.15, 0.2) is 0 Å². The zero-order valence-electron chi connectivity index (χ0n) is 12.0. The highest BCUT2D eigenvalue weighted by atomic mass is 16.4. The SMILES string of the molecule is CCNC(=O)C(C)NC(=O)NCC1(CC(=O)O)CCC1. The topological polar surface area (TPSA) is 108 Å². The zero-order chi connectivity index (χ0) is 15.2. The first kappa shape index (κ1) is 16.3. The summed E-state index contributed by atoms with van der Waals surface area (Å²) in [6.07, 6.45) is 2.68. The summed E-state index contributed by atoms with van der Waals surface area (Å²) in [4.78, 5) is 34.0. The summed E-state index contributed by atoms with van der Waals surface area (Å²) >= 11 is 0. The molecule has 0 aromatic heterocycles. The standard InChI is InChI=1S/C13H23N3O4/c1-3-14-11(19)9(2)16-12(20)15-8-13(5-4-6-13)7-10(17)18/h9H,3-8H2,1-2H3,(H,14,19)(H,17,18)(H2,15,16,20). The molecule has 7 heteroatoms. The molecular weight excluding hydrogens is 262 g/mol. The van der Waals surface area contributed by atoms with Crippen molar-refractivity contribution in [2.24, 2.45) is 5.41 Å². The van der Waals surface area contributed by atoms with Gasteiger partial charge in [0.25, 0.3) is 0 Å². The smallest absolute Gasteiger partial charge is 0.315 e. The Balaban J connectivity index is 2.35. The second-order valence-electron chi connectivity index (χ2n) is 5.37. The second kappa shape index (κ2) is 7.12. The first-order chi connectivity index (χ1) is 9.38. The Labute approximate surface area is 118 Å². The van der Waals surface area contributed by atoms with Crippen LogP contribution in [-0.4, -0.2) is 42.1 Å². The number of aliphatic carboxylic acids is 1. The van der Waals surface area contributed by atoms with Gasteiger partial charge in [-0.2, -0.15) is 0 Å². The molecule has 1 atom stereocenters. The molecule has 1 unspecified atom stereocenters. The number of carbonyl (C=O) groups is 3. The Morgan fingerprint density at radius 2 is 1.90 bits per heavy atom. The van der Waals surface area contributed by atoms with E-state index in [2.05, 4.69) is 16.0 Å². The lowest BCUT2D eigenvalue weighted by Crippen LogP contribution is -2.51. The van der Waals surface area contributed by atoms with Gasteiger partial charge in [0.1, 0.15) is 6.04 Å². The molecular formula is C13H23N3O4. The van der Waals surface area contributed by atoms with Gasteiger partial charge in [0.2, 0.25) is 5.91 Å². The van der Waals surface area contributed by atoms with Crippen LogP contribution in [0.3, 0.4) is 0 Å². The summed E-state index contributed by atoms with van der Waals surface area (Å²) in [6, 6.07) is -1.06. The van der Waals surface area contributed by atoms with Crippen LogP contribution in [0, 0.1) is 5.41 Å². The van der Waals surface area contributed by atoms with E-state index in [0.29, 0.717) is 13.1 Å². The number of urea groups is 1. The highest BCUT2D eigenvalue weighted by Gasteiger charge is 2.39. The average Bonchev–Trinajstić information content (AvgIpc) is 2.32. The molecule has 0 aromatic rings. The minimum Gasteiger partial charge on any atom is -0.481 e. The van der Waals surface area contributed by atoms with Crippen LogP contribution < -0.4 is 16.0 Å². The summed E-state index contributed by atoms with van der Waals surface area (Å²) in [7, 11) is 0. The molecule has 1 aliphatic carbocycles. The maximum atomic E-state index is 11.7. The molecule has 0 radical (unpaired) electrons. The Bertz CT molecular complexity index is 380. The van der Waals surface area contributed by atoms with Gasteiger partial charge >= 0.3 is 12.0 Å². The van der Waals surface area contributed by atoms with Gasteiger partial charge in [-0.1, -0.05) is 6.42 Å². The Hall–Kier alpha value is -1.79. The van der Waals surface area contributed by atoms with Crippen LogP contribution in [0.25, 0.3) is 0 Å². The van der Waals surface area contributed by atoms with E-state index in [1.54, 1.807) is 13.8 Å². The largest absolute Gasteiger partial charge is 0.481 e. The number of carboxylic acid groups (broad SMARTS) is 1. The fourth-order valence-electron chi connectivity index (χ4n) is 2.32. The van der Waals surface area contributed by atoms with Crippen molar-refractivity contribution in [3.63, 3.8) is 0 Å². The molecule has 20 heavy (non-hydrogen) atoms. The van der Waals surface area contributed by atoms with Crippen LogP contribution in [0.15, 0.2) is 0 Å². The highest BCUT2D eigenvalue weighted by molar-refractivity contribution is 5.86. The third-order valence-electron chi connectivity index (χ3n) is 3.66. The third-order valence-corrected chi connectivity index (χ3v) is 3.66. The summed E-state index contributed by atoms with van der Waals surface area (Å²) < 4.78 is 0. The van der Waals surface area contributed by atoms with E-state index in [-0.39, 0.29) is 17.7 Å². The van der Waals surface area contributed by atoms with E-state index in [0.717, 1.165) is 19.3 Å². The van der Waals surface area contributed by atoms with Gasteiger partial charge in [0.05, 0.1) is 6.42 Å². The Kier molecular flexibility index (Phi) is 5.79. The van der Waals surface area contributed by atoms with E-state index < -0.39 is 18.0 Å². The molecule has 0 aliphatic heterocycles. The van der Waals surface area contributed by atoms with Crippen molar-refractivity contribution in [1.82, 2.24) is 16.0 Å².